The van der Waals surface area contributed by atoms with Crippen molar-refractivity contribution in [2.75, 3.05) is 0 Å². The molecule has 6 nitrogen and oxygen atoms in total. The molecule has 1 aromatic rings. The Kier molecular flexibility index (Phi) is 2.18. The van der Waals surface area contributed by atoms with Crippen LogP contribution in [-0.4, -0.2) is 21.7 Å². The molecule has 1 saturated heterocycles. The average Bonchev–Trinajstić information content (AvgIpc) is 2.43. The van der Waals surface area contributed by atoms with Crippen LogP contribution in [0.15, 0.2) is 6.07 Å². The Morgan fingerprint density at radius 2 is 2.20 bits per heavy atom. The largest absolute Gasteiger partial charge is 0.323 e. The summed E-state index contributed by atoms with van der Waals surface area (Å²) in [6, 6.07) is 1.43. The lowest BCUT2D eigenvalue weighted by molar-refractivity contribution is -0.121. The Labute approximate surface area is 86.6 Å². The maximum atomic E-state index is 11.2. The average molecular weight is 208 g/mol. The molecule has 2 heterocycles. The molecule has 6 heteroatoms. The minimum Gasteiger partial charge on any atom is -0.315 e. The number of amides is 3. The number of urea groups is 1. The van der Waals surface area contributed by atoms with Crippen LogP contribution in [0.2, 0.25) is 0 Å². The van der Waals surface area contributed by atoms with Crippen LogP contribution >= 0.6 is 0 Å². The van der Waals surface area contributed by atoms with E-state index in [1.165, 1.54) is 0 Å². The number of nitrogens with zero attached hydrogens (tertiary/aromatic N) is 2. The van der Waals surface area contributed by atoms with Gasteiger partial charge in [0.25, 0.3) is 0 Å². The van der Waals surface area contributed by atoms with E-state index in [4.69, 9.17) is 0 Å². The summed E-state index contributed by atoms with van der Waals surface area (Å²) in [7, 11) is 0. The summed E-state index contributed by atoms with van der Waals surface area (Å²) in [4.78, 5) is 22.3. The molecule has 3 amide bonds. The van der Waals surface area contributed by atoms with E-state index in [0.717, 1.165) is 11.4 Å². The first-order valence-electron chi connectivity index (χ1n) is 4.69. The van der Waals surface area contributed by atoms with Gasteiger partial charge in [-0.05, 0) is 19.9 Å². The van der Waals surface area contributed by atoms with Crippen molar-refractivity contribution in [3.05, 3.63) is 17.5 Å². The van der Waals surface area contributed by atoms with E-state index in [9.17, 15) is 9.59 Å². The van der Waals surface area contributed by atoms with Crippen LogP contribution in [0, 0.1) is 13.8 Å². The molecule has 0 spiro atoms. The molecule has 1 aliphatic heterocycles. The molecule has 0 aliphatic carbocycles. The number of carbonyl (C=O) groups excluding carboxylic acids is 2. The van der Waals surface area contributed by atoms with Crippen molar-refractivity contribution in [3.8, 4) is 0 Å². The molecule has 1 aromatic heterocycles. The second-order valence-corrected chi connectivity index (χ2v) is 3.61. The van der Waals surface area contributed by atoms with E-state index < -0.39 is 6.03 Å². The Balaban J connectivity index is 2.27. The number of aryl methyl sites for hydroxylation is 2. The quantitative estimate of drug-likeness (QED) is 0.693. The molecule has 0 radical (unpaired) electrons. The highest BCUT2D eigenvalue weighted by Crippen LogP contribution is 2.14. The molecule has 2 N–H and O–H groups in total. The molecule has 1 atom stereocenters. The van der Waals surface area contributed by atoms with Crippen LogP contribution in [-0.2, 0) is 4.79 Å². The normalized spacial score (nSPS) is 21.1. The van der Waals surface area contributed by atoms with Gasteiger partial charge in [-0.15, -0.1) is 0 Å². The molecule has 15 heavy (non-hydrogen) atoms. The van der Waals surface area contributed by atoms with Crippen LogP contribution in [0.5, 0.6) is 0 Å². The maximum Gasteiger partial charge on any atom is 0.323 e. The third kappa shape index (κ3) is 1.83. The minimum absolute atomic E-state index is 0.216. The number of aromatic nitrogens is 2. The van der Waals surface area contributed by atoms with Crippen molar-refractivity contribution in [2.24, 2.45) is 0 Å². The topological polar surface area (TPSA) is 76.0 Å². The molecule has 80 valence electrons. The highest BCUT2D eigenvalue weighted by Gasteiger charge is 2.26. The van der Waals surface area contributed by atoms with Crippen molar-refractivity contribution in [2.45, 2.75) is 26.4 Å². The molecule has 1 aliphatic rings. The molecule has 0 bridgehead atoms. The predicted octanol–water partition coefficient (Wildman–Crippen LogP) is 0.228. The van der Waals surface area contributed by atoms with E-state index >= 15 is 0 Å². The lowest BCUT2D eigenvalue weighted by Crippen LogP contribution is -2.50. The zero-order valence-electron chi connectivity index (χ0n) is 8.57. The van der Waals surface area contributed by atoms with Crippen LogP contribution < -0.4 is 10.6 Å². The number of imide groups is 1. The molecule has 2 rings (SSSR count). The number of hydrogen-bond acceptors (Lipinski definition) is 3. The van der Waals surface area contributed by atoms with Gasteiger partial charge >= 0.3 is 6.03 Å². The lowest BCUT2D eigenvalue weighted by Gasteiger charge is -2.24. The second kappa shape index (κ2) is 3.38. The van der Waals surface area contributed by atoms with Crippen molar-refractivity contribution >= 4 is 11.9 Å². The molecule has 0 aromatic carbocycles. The Hall–Kier alpha value is -1.85. The molecule has 0 saturated carbocycles. The van der Waals surface area contributed by atoms with Gasteiger partial charge in [0.15, 0.2) is 0 Å². The molecule has 1 unspecified atom stereocenters. The fraction of sp³-hybridized carbons (Fsp3) is 0.444. The fourth-order valence-electron chi connectivity index (χ4n) is 1.70. The summed E-state index contributed by atoms with van der Waals surface area (Å²) >= 11 is 0. The van der Waals surface area contributed by atoms with Crippen molar-refractivity contribution in [3.63, 3.8) is 0 Å². The van der Waals surface area contributed by atoms with Gasteiger partial charge in [-0.3, -0.25) is 10.1 Å². The summed E-state index contributed by atoms with van der Waals surface area (Å²) in [6.45, 7) is 3.76. The predicted molar refractivity (Wildman–Crippen MR) is 52.0 cm³/mol. The first-order chi connectivity index (χ1) is 7.06. The molecular formula is C9H12N4O2. The zero-order chi connectivity index (χ0) is 11.0. The van der Waals surface area contributed by atoms with Crippen LogP contribution in [0.25, 0.3) is 0 Å². The summed E-state index contributed by atoms with van der Waals surface area (Å²) in [5, 5.41) is 9.05. The summed E-state index contributed by atoms with van der Waals surface area (Å²) < 4.78 is 1.66. The van der Waals surface area contributed by atoms with Crippen molar-refractivity contribution in [1.29, 1.82) is 0 Å². The molecular weight excluding hydrogens is 196 g/mol. The van der Waals surface area contributed by atoms with Gasteiger partial charge in [-0.2, -0.15) is 5.10 Å². The maximum absolute atomic E-state index is 11.2. The second-order valence-electron chi connectivity index (χ2n) is 3.61. The van der Waals surface area contributed by atoms with Gasteiger partial charge in [-0.25, -0.2) is 9.48 Å². The smallest absolute Gasteiger partial charge is 0.315 e. The first-order valence-corrected chi connectivity index (χ1v) is 4.69. The third-order valence-corrected chi connectivity index (χ3v) is 2.27. The highest BCUT2D eigenvalue weighted by molar-refractivity contribution is 5.96. The van der Waals surface area contributed by atoms with E-state index in [1.807, 2.05) is 19.9 Å². The third-order valence-electron chi connectivity index (χ3n) is 2.27. The number of hydrogen-bond donors (Lipinski definition) is 2. The van der Waals surface area contributed by atoms with E-state index in [2.05, 4.69) is 15.7 Å². The van der Waals surface area contributed by atoms with Crippen LogP contribution in [0.1, 0.15) is 24.0 Å². The summed E-state index contributed by atoms with van der Waals surface area (Å²) in [5.41, 5.74) is 1.79. The van der Waals surface area contributed by atoms with Crippen LogP contribution in [0.3, 0.4) is 0 Å². The van der Waals surface area contributed by atoms with Crippen LogP contribution in [0.4, 0.5) is 4.79 Å². The summed E-state index contributed by atoms with van der Waals surface area (Å²) in [5.74, 6) is -0.281. The Morgan fingerprint density at radius 3 is 2.73 bits per heavy atom. The Morgan fingerprint density at radius 1 is 1.47 bits per heavy atom. The number of rotatable bonds is 1. The zero-order valence-corrected chi connectivity index (χ0v) is 8.57. The van der Waals surface area contributed by atoms with Gasteiger partial charge < -0.3 is 5.32 Å². The Bertz CT molecular complexity index is 408. The minimum atomic E-state index is -0.469. The lowest BCUT2D eigenvalue weighted by atomic mass is 10.2. The van der Waals surface area contributed by atoms with E-state index in [0.29, 0.717) is 0 Å². The molecule has 1 fully saturated rings. The first kappa shape index (κ1) is 9.70. The van der Waals surface area contributed by atoms with E-state index in [-0.39, 0.29) is 18.5 Å². The number of nitrogens with one attached hydrogen (secondary N) is 2. The summed E-state index contributed by atoms with van der Waals surface area (Å²) in [6.07, 6.45) is -0.159. The van der Waals surface area contributed by atoms with Crippen molar-refractivity contribution < 1.29 is 9.59 Å². The highest BCUT2D eigenvalue weighted by atomic mass is 16.2. The van der Waals surface area contributed by atoms with Gasteiger partial charge in [0.1, 0.15) is 6.17 Å². The fourth-order valence-corrected chi connectivity index (χ4v) is 1.70. The van der Waals surface area contributed by atoms with Gasteiger partial charge in [0.05, 0.1) is 12.1 Å². The SMILES string of the molecule is Cc1cc(C)n(C2CC(=O)NC(=O)N2)n1. The van der Waals surface area contributed by atoms with Crippen molar-refractivity contribution in [1.82, 2.24) is 20.4 Å². The standard InChI is InChI=1S/C9H12N4O2/c1-5-3-6(2)13(12-5)7-4-8(14)11-9(15)10-7/h3,7H,4H2,1-2H3,(H2,10,11,14,15). The van der Waals surface area contributed by atoms with Gasteiger partial charge in [-0.1, -0.05) is 0 Å². The van der Waals surface area contributed by atoms with Gasteiger partial charge in [0, 0.05) is 5.69 Å². The monoisotopic (exact) mass is 208 g/mol. The number of carbonyl (C=O) groups is 2. The van der Waals surface area contributed by atoms with Gasteiger partial charge in [0.2, 0.25) is 5.91 Å². The van der Waals surface area contributed by atoms with E-state index in [1.54, 1.807) is 4.68 Å².